The summed E-state index contributed by atoms with van der Waals surface area (Å²) in [5, 5.41) is 13.6. The van der Waals surface area contributed by atoms with Crippen molar-refractivity contribution in [3.05, 3.63) is 45.9 Å². The second-order valence-corrected chi connectivity index (χ2v) is 5.49. The molecule has 0 saturated heterocycles. The lowest BCUT2D eigenvalue weighted by Crippen LogP contribution is -2.29. The third-order valence-electron chi connectivity index (χ3n) is 3.20. The summed E-state index contributed by atoms with van der Waals surface area (Å²) in [5.41, 5.74) is 0.874. The summed E-state index contributed by atoms with van der Waals surface area (Å²) in [4.78, 5) is 26.9. The van der Waals surface area contributed by atoms with Gasteiger partial charge in [0.2, 0.25) is 5.91 Å². The summed E-state index contributed by atoms with van der Waals surface area (Å²) in [6.07, 6.45) is 0. The molecule has 0 spiro atoms. The highest BCUT2D eigenvalue weighted by molar-refractivity contribution is 7.09. The van der Waals surface area contributed by atoms with E-state index in [0.717, 1.165) is 11.3 Å². The van der Waals surface area contributed by atoms with Gasteiger partial charge in [-0.3, -0.25) is 4.79 Å². The molecule has 7 heteroatoms. The van der Waals surface area contributed by atoms with Crippen molar-refractivity contribution in [2.24, 2.45) is 0 Å². The van der Waals surface area contributed by atoms with E-state index in [4.69, 9.17) is 9.84 Å². The lowest BCUT2D eigenvalue weighted by atomic mass is 10.0. The first kappa shape index (κ1) is 13.6. The number of nitrogens with one attached hydrogen (secondary N) is 1. The summed E-state index contributed by atoms with van der Waals surface area (Å²) < 4.78 is 5.47. The van der Waals surface area contributed by atoms with Gasteiger partial charge in [-0.1, -0.05) is 18.2 Å². The first-order valence-electron chi connectivity index (χ1n) is 6.32. The van der Waals surface area contributed by atoms with Crippen molar-refractivity contribution in [2.45, 2.75) is 12.5 Å². The van der Waals surface area contributed by atoms with Crippen LogP contribution in [0.3, 0.4) is 0 Å². The smallest absolute Gasteiger partial charge is 0.355 e. The van der Waals surface area contributed by atoms with Gasteiger partial charge < -0.3 is 15.2 Å². The Labute approximate surface area is 124 Å². The molecule has 0 bridgehead atoms. The summed E-state index contributed by atoms with van der Waals surface area (Å²) in [5.74, 6) is -0.811. The van der Waals surface area contributed by atoms with Gasteiger partial charge in [0.25, 0.3) is 0 Å². The monoisotopic (exact) mass is 304 g/mol. The Morgan fingerprint density at radius 3 is 3.00 bits per heavy atom. The minimum atomic E-state index is -1.07. The molecule has 0 aliphatic carbocycles. The Bertz CT molecular complexity index is 698. The van der Waals surface area contributed by atoms with Crippen LogP contribution in [-0.2, 0) is 11.3 Å². The van der Waals surface area contributed by atoms with Gasteiger partial charge in [0.05, 0.1) is 6.54 Å². The maximum absolute atomic E-state index is 12.2. The highest BCUT2D eigenvalue weighted by Gasteiger charge is 2.29. The molecule has 1 aromatic carbocycles. The summed E-state index contributed by atoms with van der Waals surface area (Å²) in [7, 11) is 0. The molecule has 3 rings (SSSR count). The van der Waals surface area contributed by atoms with E-state index >= 15 is 0 Å². The van der Waals surface area contributed by atoms with Crippen LogP contribution in [0.25, 0.3) is 0 Å². The number of amides is 1. The summed E-state index contributed by atoms with van der Waals surface area (Å²) >= 11 is 1.21. The zero-order chi connectivity index (χ0) is 14.8. The van der Waals surface area contributed by atoms with Crippen LogP contribution in [-0.4, -0.2) is 28.6 Å². The van der Waals surface area contributed by atoms with E-state index in [9.17, 15) is 9.59 Å². The minimum Gasteiger partial charge on any atom is -0.492 e. The molecule has 1 aliphatic heterocycles. The van der Waals surface area contributed by atoms with Crippen LogP contribution in [0.15, 0.2) is 29.6 Å². The molecule has 2 aromatic rings. The van der Waals surface area contributed by atoms with Crippen molar-refractivity contribution in [1.82, 2.24) is 10.3 Å². The van der Waals surface area contributed by atoms with Crippen molar-refractivity contribution < 1.29 is 19.4 Å². The third kappa shape index (κ3) is 2.73. The fourth-order valence-corrected chi connectivity index (χ4v) is 2.86. The SMILES string of the molecule is O=C(O)c1csc(CNC(=O)[C@@H]2COc3ccccc32)n1. The molecule has 21 heavy (non-hydrogen) atoms. The first-order valence-corrected chi connectivity index (χ1v) is 7.20. The normalized spacial score (nSPS) is 16.1. The van der Waals surface area contributed by atoms with Gasteiger partial charge in [-0.05, 0) is 6.07 Å². The predicted octanol–water partition coefficient (Wildman–Crippen LogP) is 1.63. The lowest BCUT2D eigenvalue weighted by molar-refractivity contribution is -0.122. The number of carboxylic acid groups (broad SMARTS) is 1. The lowest BCUT2D eigenvalue weighted by Gasteiger charge is -2.08. The number of carbonyl (C=O) groups excluding carboxylic acids is 1. The predicted molar refractivity (Wildman–Crippen MR) is 75.6 cm³/mol. The standard InChI is InChI=1S/C14H12N2O4S/c17-13(9-6-20-11-4-2-1-3-8(9)11)15-5-12-16-10(7-21-12)14(18)19/h1-4,7,9H,5-6H2,(H,15,17)(H,18,19)/t9-/m1/s1. The van der Waals surface area contributed by atoms with Gasteiger partial charge in [0.15, 0.2) is 5.69 Å². The van der Waals surface area contributed by atoms with E-state index in [-0.39, 0.29) is 24.1 Å². The molecule has 0 fully saturated rings. The summed E-state index contributed by atoms with van der Waals surface area (Å²) in [6.45, 7) is 0.541. The number of benzene rings is 1. The minimum absolute atomic E-state index is 0.00112. The fraction of sp³-hybridized carbons (Fsp3) is 0.214. The van der Waals surface area contributed by atoms with Crippen LogP contribution in [0.1, 0.15) is 27.0 Å². The molecule has 0 radical (unpaired) electrons. The van der Waals surface area contributed by atoms with E-state index in [1.807, 2.05) is 24.3 Å². The molecule has 1 aliphatic rings. The average molecular weight is 304 g/mol. The number of aromatic carboxylic acids is 1. The highest BCUT2D eigenvalue weighted by atomic mass is 32.1. The number of para-hydroxylation sites is 1. The molecule has 0 unspecified atom stereocenters. The molecule has 6 nitrogen and oxygen atoms in total. The van der Waals surface area contributed by atoms with Gasteiger partial charge in [-0.2, -0.15) is 0 Å². The largest absolute Gasteiger partial charge is 0.492 e. The maximum atomic E-state index is 12.2. The number of rotatable bonds is 4. The Morgan fingerprint density at radius 1 is 1.43 bits per heavy atom. The Balaban J connectivity index is 1.63. The molecule has 1 aromatic heterocycles. The number of thiazole rings is 1. The second kappa shape index (κ2) is 5.53. The van der Waals surface area contributed by atoms with Crippen LogP contribution < -0.4 is 10.1 Å². The van der Waals surface area contributed by atoms with E-state index < -0.39 is 5.97 Å². The third-order valence-corrected chi connectivity index (χ3v) is 4.05. The topological polar surface area (TPSA) is 88.5 Å². The number of carbonyl (C=O) groups is 2. The van der Waals surface area contributed by atoms with Gasteiger partial charge >= 0.3 is 5.97 Å². The van der Waals surface area contributed by atoms with Gasteiger partial charge in [0, 0.05) is 10.9 Å². The highest BCUT2D eigenvalue weighted by Crippen LogP contribution is 2.33. The molecule has 2 N–H and O–H groups in total. The molecule has 2 heterocycles. The molecule has 1 amide bonds. The molecular formula is C14H12N2O4S. The maximum Gasteiger partial charge on any atom is 0.355 e. The quantitative estimate of drug-likeness (QED) is 0.896. The van der Waals surface area contributed by atoms with E-state index in [1.54, 1.807) is 0 Å². The zero-order valence-corrected chi connectivity index (χ0v) is 11.7. The van der Waals surface area contributed by atoms with Crippen molar-refractivity contribution in [1.29, 1.82) is 0 Å². The number of fused-ring (bicyclic) bond motifs is 1. The Morgan fingerprint density at radius 2 is 2.24 bits per heavy atom. The number of aromatic nitrogens is 1. The molecular weight excluding hydrogens is 292 g/mol. The van der Waals surface area contributed by atoms with E-state index in [1.165, 1.54) is 16.7 Å². The van der Waals surface area contributed by atoms with Crippen molar-refractivity contribution >= 4 is 23.2 Å². The van der Waals surface area contributed by atoms with E-state index in [0.29, 0.717) is 11.6 Å². The Hall–Kier alpha value is -2.41. The first-order chi connectivity index (χ1) is 10.1. The summed E-state index contributed by atoms with van der Waals surface area (Å²) in [6, 6.07) is 7.44. The molecule has 1 atom stereocenters. The van der Waals surface area contributed by atoms with Crippen LogP contribution in [0, 0.1) is 0 Å². The number of nitrogens with zero attached hydrogens (tertiary/aromatic N) is 1. The van der Waals surface area contributed by atoms with Gasteiger partial charge in [0.1, 0.15) is 23.3 Å². The van der Waals surface area contributed by atoms with Crippen molar-refractivity contribution in [3.63, 3.8) is 0 Å². The van der Waals surface area contributed by atoms with Gasteiger partial charge in [-0.25, -0.2) is 9.78 Å². The van der Waals surface area contributed by atoms with E-state index in [2.05, 4.69) is 10.3 Å². The Kier molecular flexibility index (Phi) is 3.57. The molecule has 0 saturated carbocycles. The fourth-order valence-electron chi connectivity index (χ4n) is 2.16. The van der Waals surface area contributed by atoms with Gasteiger partial charge in [-0.15, -0.1) is 11.3 Å². The second-order valence-electron chi connectivity index (χ2n) is 4.55. The van der Waals surface area contributed by atoms with Crippen LogP contribution in [0.4, 0.5) is 0 Å². The van der Waals surface area contributed by atoms with Crippen LogP contribution in [0.2, 0.25) is 0 Å². The van der Waals surface area contributed by atoms with Crippen LogP contribution >= 0.6 is 11.3 Å². The average Bonchev–Trinajstić information content (AvgIpc) is 3.11. The molecule has 108 valence electrons. The zero-order valence-electron chi connectivity index (χ0n) is 10.9. The van der Waals surface area contributed by atoms with Crippen LogP contribution in [0.5, 0.6) is 5.75 Å². The van der Waals surface area contributed by atoms with Crippen molar-refractivity contribution in [3.8, 4) is 5.75 Å². The number of hydrogen-bond acceptors (Lipinski definition) is 5. The number of hydrogen-bond donors (Lipinski definition) is 2. The number of ether oxygens (including phenoxy) is 1. The number of carboxylic acids is 1. The van der Waals surface area contributed by atoms with Crippen molar-refractivity contribution in [2.75, 3.05) is 6.61 Å².